The maximum atomic E-state index is 6.27. The maximum absolute atomic E-state index is 6.27. The molecule has 0 spiro atoms. The molecule has 23 heavy (non-hydrogen) atoms. The molecule has 0 fully saturated rings. The van der Waals surface area contributed by atoms with Crippen molar-refractivity contribution in [3.8, 4) is 17.1 Å². The summed E-state index contributed by atoms with van der Waals surface area (Å²) < 4.78 is 7.62. The highest BCUT2D eigenvalue weighted by molar-refractivity contribution is 6.32. The Morgan fingerprint density at radius 2 is 1.91 bits per heavy atom. The molecular weight excluding hydrogens is 312 g/mol. The van der Waals surface area contributed by atoms with E-state index in [1.165, 1.54) is 5.56 Å². The number of aromatic nitrogens is 4. The average Bonchev–Trinajstić information content (AvgIpc) is 3.24. The molecule has 0 N–H and O–H groups in total. The van der Waals surface area contributed by atoms with E-state index in [9.17, 15) is 0 Å². The van der Waals surface area contributed by atoms with Crippen LogP contribution >= 0.6 is 11.6 Å². The van der Waals surface area contributed by atoms with Crippen molar-refractivity contribution in [2.24, 2.45) is 0 Å². The summed E-state index contributed by atoms with van der Waals surface area (Å²) in [5.74, 6) is 0.569. The summed E-state index contributed by atoms with van der Waals surface area (Å²) >= 11 is 6.27. The lowest BCUT2D eigenvalue weighted by Crippen LogP contribution is -1.92. The molecule has 0 amide bonds. The molecular formula is C17H13ClN4O. The van der Waals surface area contributed by atoms with Crippen LogP contribution in [0.1, 0.15) is 12.5 Å². The third-order valence-electron chi connectivity index (χ3n) is 3.75. The molecule has 4 aromatic rings. The fourth-order valence-electron chi connectivity index (χ4n) is 2.49. The summed E-state index contributed by atoms with van der Waals surface area (Å²) in [6.45, 7) is 2.12. The van der Waals surface area contributed by atoms with E-state index < -0.39 is 0 Å². The highest BCUT2D eigenvalue weighted by Gasteiger charge is 2.12. The molecule has 0 aliphatic carbocycles. The predicted molar refractivity (Wildman–Crippen MR) is 88.8 cm³/mol. The van der Waals surface area contributed by atoms with E-state index >= 15 is 0 Å². The Hall–Kier alpha value is -2.66. The summed E-state index contributed by atoms with van der Waals surface area (Å²) in [6, 6.07) is 11.7. The number of nitrogens with zero attached hydrogens (tertiary/aromatic N) is 4. The molecule has 0 unspecified atom stereocenters. The molecule has 0 aliphatic rings. The minimum atomic E-state index is 0.569. The van der Waals surface area contributed by atoms with Crippen LogP contribution in [0, 0.1) is 0 Å². The van der Waals surface area contributed by atoms with Gasteiger partial charge in [-0.3, -0.25) is 4.57 Å². The second-order valence-corrected chi connectivity index (χ2v) is 5.62. The predicted octanol–water partition coefficient (Wildman–Crippen LogP) is 4.29. The van der Waals surface area contributed by atoms with Crippen molar-refractivity contribution in [1.29, 1.82) is 0 Å². The Balaban J connectivity index is 1.83. The van der Waals surface area contributed by atoms with Gasteiger partial charge in [-0.15, -0.1) is 10.2 Å². The van der Waals surface area contributed by atoms with Crippen LogP contribution < -0.4 is 0 Å². The fourth-order valence-corrected chi connectivity index (χ4v) is 2.70. The van der Waals surface area contributed by atoms with Gasteiger partial charge in [0.2, 0.25) is 5.89 Å². The van der Waals surface area contributed by atoms with Gasteiger partial charge in [-0.05, 0) is 42.3 Å². The highest BCUT2D eigenvalue weighted by atomic mass is 35.5. The van der Waals surface area contributed by atoms with Gasteiger partial charge >= 0.3 is 0 Å². The molecule has 2 aromatic carbocycles. The number of rotatable bonds is 3. The van der Waals surface area contributed by atoms with Gasteiger partial charge in [0, 0.05) is 5.56 Å². The van der Waals surface area contributed by atoms with E-state index in [4.69, 9.17) is 16.0 Å². The molecule has 114 valence electrons. The summed E-state index contributed by atoms with van der Waals surface area (Å²) in [5, 5.41) is 8.23. The number of aryl methyl sites for hydroxylation is 1. The van der Waals surface area contributed by atoms with Crippen LogP contribution in [0.5, 0.6) is 0 Å². The Morgan fingerprint density at radius 3 is 2.70 bits per heavy atom. The molecule has 2 heterocycles. The molecule has 0 saturated heterocycles. The van der Waals surface area contributed by atoms with Crippen LogP contribution in [-0.2, 0) is 6.42 Å². The van der Waals surface area contributed by atoms with Crippen molar-refractivity contribution in [2.45, 2.75) is 13.3 Å². The van der Waals surface area contributed by atoms with Crippen molar-refractivity contribution in [3.05, 3.63) is 59.6 Å². The van der Waals surface area contributed by atoms with E-state index in [0.29, 0.717) is 10.9 Å². The second kappa shape index (κ2) is 5.52. The van der Waals surface area contributed by atoms with Gasteiger partial charge in [-0.1, -0.05) is 24.6 Å². The van der Waals surface area contributed by atoms with E-state index in [1.807, 2.05) is 24.3 Å². The lowest BCUT2D eigenvalue weighted by Gasteiger charge is -2.05. The molecule has 2 aromatic heterocycles. The Bertz CT molecular complexity index is 976. The fraction of sp³-hybridized carbons (Fsp3) is 0.118. The molecule has 5 nitrogen and oxygen atoms in total. The monoisotopic (exact) mass is 324 g/mol. The lowest BCUT2D eigenvalue weighted by molar-refractivity contribution is 0.619. The number of halogens is 1. The van der Waals surface area contributed by atoms with Gasteiger partial charge in [0.05, 0.1) is 10.7 Å². The first kappa shape index (κ1) is 14.0. The molecule has 0 atom stereocenters. The Labute approximate surface area is 137 Å². The Morgan fingerprint density at radius 1 is 1.09 bits per heavy atom. The van der Waals surface area contributed by atoms with Crippen molar-refractivity contribution >= 4 is 22.7 Å². The minimum absolute atomic E-state index is 0.569. The van der Waals surface area contributed by atoms with Crippen LogP contribution in [0.3, 0.4) is 0 Å². The van der Waals surface area contributed by atoms with Gasteiger partial charge in [0.25, 0.3) is 0 Å². The minimum Gasteiger partial charge on any atom is -0.436 e. The standard InChI is InChI=1S/C17H13ClN4O/c1-2-11-3-6-16-14(7-11)21-17(23-16)12-4-5-13(18)15(8-12)22-9-19-20-10-22/h3-10H,2H2,1H3. The van der Waals surface area contributed by atoms with Gasteiger partial charge in [-0.25, -0.2) is 4.98 Å². The Kier molecular flexibility index (Phi) is 3.35. The highest BCUT2D eigenvalue weighted by Crippen LogP contribution is 2.29. The van der Waals surface area contributed by atoms with Gasteiger partial charge in [-0.2, -0.15) is 0 Å². The van der Waals surface area contributed by atoms with E-state index in [0.717, 1.165) is 28.8 Å². The van der Waals surface area contributed by atoms with Crippen LogP contribution in [0.25, 0.3) is 28.2 Å². The van der Waals surface area contributed by atoms with E-state index in [2.05, 4.69) is 34.2 Å². The first-order valence-corrected chi connectivity index (χ1v) is 7.67. The zero-order valence-corrected chi connectivity index (χ0v) is 13.2. The van der Waals surface area contributed by atoms with E-state index in [1.54, 1.807) is 17.2 Å². The average molecular weight is 325 g/mol. The summed E-state index contributed by atoms with van der Waals surface area (Å²) in [4.78, 5) is 4.59. The van der Waals surface area contributed by atoms with Crippen LogP contribution in [0.15, 0.2) is 53.5 Å². The third kappa shape index (κ3) is 2.49. The SMILES string of the molecule is CCc1ccc2oc(-c3ccc(Cl)c(-n4cnnc4)c3)nc2c1. The van der Waals surface area contributed by atoms with Crippen LogP contribution in [0.2, 0.25) is 5.02 Å². The first-order chi connectivity index (χ1) is 11.2. The van der Waals surface area contributed by atoms with Gasteiger partial charge in [0.1, 0.15) is 18.2 Å². The summed E-state index contributed by atoms with van der Waals surface area (Å²) in [7, 11) is 0. The maximum Gasteiger partial charge on any atom is 0.227 e. The number of hydrogen-bond acceptors (Lipinski definition) is 4. The number of benzene rings is 2. The number of hydrogen-bond donors (Lipinski definition) is 0. The van der Waals surface area contributed by atoms with Crippen molar-refractivity contribution in [1.82, 2.24) is 19.7 Å². The van der Waals surface area contributed by atoms with Crippen LogP contribution in [-0.4, -0.2) is 19.7 Å². The largest absolute Gasteiger partial charge is 0.436 e. The molecule has 0 bridgehead atoms. The van der Waals surface area contributed by atoms with E-state index in [-0.39, 0.29) is 0 Å². The molecule has 0 aliphatic heterocycles. The number of fused-ring (bicyclic) bond motifs is 1. The quantitative estimate of drug-likeness (QED) is 0.564. The number of oxazole rings is 1. The second-order valence-electron chi connectivity index (χ2n) is 5.21. The summed E-state index contributed by atoms with van der Waals surface area (Å²) in [5.41, 5.74) is 4.51. The normalized spacial score (nSPS) is 11.2. The van der Waals surface area contributed by atoms with Gasteiger partial charge < -0.3 is 4.42 Å². The van der Waals surface area contributed by atoms with Crippen molar-refractivity contribution in [2.75, 3.05) is 0 Å². The zero-order valence-electron chi connectivity index (χ0n) is 12.4. The van der Waals surface area contributed by atoms with Crippen LogP contribution in [0.4, 0.5) is 0 Å². The molecule has 6 heteroatoms. The smallest absolute Gasteiger partial charge is 0.227 e. The third-order valence-corrected chi connectivity index (χ3v) is 4.07. The van der Waals surface area contributed by atoms with Crippen molar-refractivity contribution in [3.63, 3.8) is 0 Å². The molecule has 0 radical (unpaired) electrons. The topological polar surface area (TPSA) is 56.7 Å². The summed E-state index contributed by atoms with van der Waals surface area (Å²) in [6.07, 6.45) is 4.17. The lowest BCUT2D eigenvalue weighted by atomic mass is 10.1. The molecule has 4 rings (SSSR count). The van der Waals surface area contributed by atoms with Crippen molar-refractivity contribution < 1.29 is 4.42 Å². The molecule has 0 saturated carbocycles. The van der Waals surface area contributed by atoms with Gasteiger partial charge in [0.15, 0.2) is 5.58 Å². The zero-order chi connectivity index (χ0) is 15.8. The first-order valence-electron chi connectivity index (χ1n) is 7.29.